The van der Waals surface area contributed by atoms with E-state index in [0.717, 1.165) is 41.3 Å². The first-order valence-corrected chi connectivity index (χ1v) is 33.1. The maximum absolute atomic E-state index is 13.8. The van der Waals surface area contributed by atoms with Crippen molar-refractivity contribution in [1.29, 1.82) is 0 Å². The Bertz CT molecular complexity index is 4340. The van der Waals surface area contributed by atoms with Crippen LogP contribution in [0.25, 0.3) is 27.1 Å². The number of nitrogens with zero attached hydrogens (tertiary/aromatic N) is 5. The third-order valence-electron chi connectivity index (χ3n) is 14.0. The number of fused-ring (bicyclic) bond motifs is 6. The molecule has 7 N–H and O–H groups in total. The Balaban J connectivity index is 1.27. The van der Waals surface area contributed by atoms with Gasteiger partial charge in [0.25, 0.3) is 56.4 Å². The van der Waals surface area contributed by atoms with E-state index in [9.17, 15) is 69.9 Å². The van der Waals surface area contributed by atoms with E-state index in [1.54, 1.807) is 43.0 Å². The Labute approximate surface area is 472 Å². The van der Waals surface area contributed by atoms with Gasteiger partial charge in [0, 0.05) is 83.2 Å². The van der Waals surface area contributed by atoms with Crippen LogP contribution >= 0.6 is 11.3 Å². The number of hydrogen-bond donors (Lipinski definition) is 6. The number of carbonyl (C=O) groups is 2. The Hall–Kier alpha value is -6.51. The number of amides is 1. The van der Waals surface area contributed by atoms with Crippen LogP contribution in [0.5, 0.6) is 0 Å². The standard InChI is InChI=1S/C52H55N7O16S6/c1-6-7-23-58-41-15-10-31-9-13-35(79(67,68)69)28-38(31)47(41)51(2,3)44(58)17-11-32(40-26-33(19-21-54-40)49(61)55-22-20-34(60)27-46-56-57-50(76-46)78(53,65)66)12-18-45-52(4,5)48-39-29-36(80(70,71)72)30-43(81(73,74)75)37(39)14-16-42(48)59(45)24-8-25-77(62,63)64/h9-19,21,26,28-30H,6-8,20,22-25,27H2,1-5H3,(H6-,53,55,61,62,63,64,65,66,67,68,69,70,71,72,73,74,75)/p+1. The molecule has 0 bridgehead atoms. The van der Waals surface area contributed by atoms with Gasteiger partial charge in [-0.1, -0.05) is 56.7 Å². The summed E-state index contributed by atoms with van der Waals surface area (Å²) in [5.74, 6) is -1.64. The van der Waals surface area contributed by atoms with Gasteiger partial charge in [-0.25, -0.2) is 13.6 Å². The molecule has 0 fully saturated rings. The Morgan fingerprint density at radius 3 is 2.11 bits per heavy atom. The number of anilines is 1. The minimum Gasteiger partial charge on any atom is -0.352 e. The fourth-order valence-electron chi connectivity index (χ4n) is 10.3. The van der Waals surface area contributed by atoms with Gasteiger partial charge in [-0.3, -0.25) is 32.8 Å². The first-order chi connectivity index (χ1) is 37.6. The second-order valence-corrected chi connectivity index (χ2v) is 28.9. The number of pyridine rings is 1. The lowest BCUT2D eigenvalue weighted by atomic mass is 9.79. The van der Waals surface area contributed by atoms with Gasteiger partial charge in [0.1, 0.15) is 22.2 Å². The summed E-state index contributed by atoms with van der Waals surface area (Å²) in [6, 6.07) is 15.7. The summed E-state index contributed by atoms with van der Waals surface area (Å²) in [7, 11) is -23.4. The molecule has 81 heavy (non-hydrogen) atoms. The first kappa shape index (κ1) is 60.6. The quantitative estimate of drug-likeness (QED) is 0.0260. The summed E-state index contributed by atoms with van der Waals surface area (Å²) in [4.78, 5) is 31.1. The highest BCUT2D eigenvalue weighted by molar-refractivity contribution is 7.91. The number of nitrogens with one attached hydrogen (secondary N) is 1. The number of primary sulfonamides is 1. The molecular weight excluding hydrogens is 1170 g/mol. The molecule has 0 aliphatic carbocycles. The molecule has 8 rings (SSSR count). The molecule has 2 aromatic heterocycles. The Kier molecular flexibility index (Phi) is 16.7. The maximum Gasteiger partial charge on any atom is 0.295 e. The molecule has 0 unspecified atom stereocenters. The van der Waals surface area contributed by atoms with E-state index in [2.05, 4.69) is 25.1 Å². The number of unbranched alkanes of at least 4 members (excludes halogenated alkanes) is 1. The topological polar surface area (TPSA) is 369 Å². The van der Waals surface area contributed by atoms with Crippen molar-refractivity contribution in [2.75, 3.05) is 30.3 Å². The summed E-state index contributed by atoms with van der Waals surface area (Å²) in [6.45, 7) is 9.78. The number of nitrogens with two attached hydrogens (primary N) is 1. The zero-order valence-electron chi connectivity index (χ0n) is 44.1. The number of aromatic nitrogens is 3. The SMILES string of the molecule is CCCC[N+]1=C(/C=C/C(=C/C=C2/N(CCCS(=O)(=O)O)c3ccc4c(S(=O)(=O)O)cc(S(=O)(=O)O)cc4c3C2(C)C)c2cc(C(=O)NCCC(=O)Cc3nnc(S(N)(=O)=O)s3)ccn2)C(C)(C)c2c1ccc1ccc(S(=O)(=O)O)cc21. The molecule has 0 atom stereocenters. The van der Waals surface area contributed by atoms with Crippen molar-refractivity contribution in [2.45, 2.75) is 96.6 Å². The fraction of sp³-hybridized carbons (Fsp3) is 0.308. The van der Waals surface area contributed by atoms with Gasteiger partial charge in [-0.15, -0.1) is 10.2 Å². The van der Waals surface area contributed by atoms with Crippen LogP contribution in [0.15, 0.2) is 122 Å². The van der Waals surface area contributed by atoms with Gasteiger partial charge >= 0.3 is 0 Å². The number of sulfonamides is 1. The highest BCUT2D eigenvalue weighted by Crippen LogP contribution is 2.52. The van der Waals surface area contributed by atoms with E-state index in [0.29, 0.717) is 51.9 Å². The molecule has 0 spiro atoms. The number of rotatable bonds is 21. The summed E-state index contributed by atoms with van der Waals surface area (Å²) in [5.41, 5.74) is 2.09. The Morgan fingerprint density at radius 1 is 0.778 bits per heavy atom. The third kappa shape index (κ3) is 12.9. The van der Waals surface area contributed by atoms with Crippen molar-refractivity contribution >= 4 is 118 Å². The summed E-state index contributed by atoms with van der Waals surface area (Å²) < 4.78 is 165. The van der Waals surface area contributed by atoms with E-state index in [1.807, 2.05) is 39.0 Å². The smallest absolute Gasteiger partial charge is 0.295 e. The largest absolute Gasteiger partial charge is 0.352 e. The van der Waals surface area contributed by atoms with Crippen LogP contribution in [0.3, 0.4) is 0 Å². The van der Waals surface area contributed by atoms with E-state index in [1.165, 1.54) is 42.6 Å². The normalized spacial score (nSPS) is 16.2. The van der Waals surface area contributed by atoms with Crippen molar-refractivity contribution in [3.05, 3.63) is 130 Å². The van der Waals surface area contributed by atoms with Crippen LogP contribution in [0.1, 0.15) is 92.5 Å². The molecule has 6 aromatic rings. The molecule has 4 aromatic carbocycles. The maximum atomic E-state index is 13.8. The lowest BCUT2D eigenvalue weighted by Gasteiger charge is -2.27. The summed E-state index contributed by atoms with van der Waals surface area (Å²) >= 11 is 0.650. The molecular formula is C52H56N7O16S6+. The van der Waals surface area contributed by atoms with Crippen LogP contribution in [0, 0.1) is 0 Å². The lowest BCUT2D eigenvalue weighted by molar-refractivity contribution is -0.438. The number of carbonyl (C=O) groups excluding carboxylic acids is 2. The second kappa shape index (κ2) is 22.3. The van der Waals surface area contributed by atoms with Crippen LogP contribution in [-0.2, 0) is 72.5 Å². The van der Waals surface area contributed by atoms with E-state index < -0.39 is 87.1 Å². The molecule has 0 saturated carbocycles. The van der Waals surface area contributed by atoms with Crippen molar-refractivity contribution in [3.63, 3.8) is 0 Å². The van der Waals surface area contributed by atoms with Gasteiger partial charge in [0.05, 0.1) is 33.1 Å². The third-order valence-corrected chi connectivity index (χ3v) is 19.6. The first-order valence-electron chi connectivity index (χ1n) is 24.8. The zero-order chi connectivity index (χ0) is 59.4. The van der Waals surface area contributed by atoms with Gasteiger partial charge in [-0.05, 0) is 103 Å². The van der Waals surface area contributed by atoms with Crippen molar-refractivity contribution in [3.8, 4) is 0 Å². The lowest BCUT2D eigenvalue weighted by Crippen LogP contribution is -2.28. The van der Waals surface area contributed by atoms with Crippen molar-refractivity contribution < 1.29 is 74.5 Å². The van der Waals surface area contributed by atoms with Gasteiger partial charge in [0.2, 0.25) is 10.0 Å². The predicted octanol–water partition coefficient (Wildman–Crippen LogP) is 6.33. The molecule has 29 heteroatoms. The number of ketones is 1. The van der Waals surface area contributed by atoms with Crippen LogP contribution in [0.2, 0.25) is 0 Å². The van der Waals surface area contributed by atoms with Crippen LogP contribution in [0.4, 0.5) is 11.4 Å². The minimum atomic E-state index is -5.11. The van der Waals surface area contributed by atoms with Crippen molar-refractivity contribution in [2.24, 2.45) is 5.14 Å². The molecule has 23 nitrogen and oxygen atoms in total. The molecule has 1 amide bonds. The minimum absolute atomic E-state index is 0.00817. The number of allylic oxidation sites excluding steroid dienone is 6. The zero-order valence-corrected chi connectivity index (χ0v) is 49.0. The fourth-order valence-corrected chi connectivity index (χ4v) is 14.2. The monoisotopic (exact) mass is 1230 g/mol. The average molecular weight is 1230 g/mol. The van der Waals surface area contributed by atoms with Crippen LogP contribution in [-0.4, -0.2) is 123 Å². The molecule has 430 valence electrons. The predicted molar refractivity (Wildman–Crippen MR) is 303 cm³/mol. The van der Waals surface area contributed by atoms with E-state index in [-0.39, 0.29) is 70.1 Å². The second-order valence-electron chi connectivity index (χ2n) is 20.3. The summed E-state index contributed by atoms with van der Waals surface area (Å²) in [6.07, 6.45) is 9.35. The molecule has 4 heterocycles. The average Bonchev–Trinajstić information content (AvgIpc) is 4.24. The molecule has 0 radical (unpaired) electrons. The number of benzene rings is 4. The molecule has 2 aliphatic rings. The van der Waals surface area contributed by atoms with Gasteiger partial charge < -0.3 is 10.2 Å². The highest BCUT2D eigenvalue weighted by atomic mass is 32.3. The number of Topliss-reactive ketones (excluding diaryl/α,β-unsaturated/α-hetero) is 1. The highest BCUT2D eigenvalue weighted by Gasteiger charge is 2.46. The molecule has 2 aliphatic heterocycles. The number of hydrogen-bond acceptors (Lipinski definition) is 17. The molecule has 0 saturated heterocycles. The Morgan fingerprint density at radius 2 is 1.47 bits per heavy atom. The van der Waals surface area contributed by atoms with Crippen molar-refractivity contribution in [1.82, 2.24) is 20.5 Å². The van der Waals surface area contributed by atoms with E-state index in [4.69, 9.17) is 5.14 Å². The summed E-state index contributed by atoms with van der Waals surface area (Å²) in [5, 5.41) is 16.4. The van der Waals surface area contributed by atoms with Crippen LogP contribution < -0.4 is 15.4 Å². The van der Waals surface area contributed by atoms with Gasteiger partial charge in [-0.2, -0.15) is 38.2 Å². The van der Waals surface area contributed by atoms with Gasteiger partial charge in [0.15, 0.2) is 5.71 Å². The van der Waals surface area contributed by atoms with E-state index >= 15 is 0 Å².